The quantitative estimate of drug-likeness (QED) is 0.532. The summed E-state index contributed by atoms with van der Waals surface area (Å²) < 4.78 is 11.7. The standard InChI is InChI=1S/C31H49NO5/c1-17-6-7-28-18(2)22-9-11-31(35)24(23(22)16-32(28)15-17)13-25-26(31)14-29(37-20(4)34)27-12-21(36-19(3)33)8-10-30(25,27)5/h17-18,21-29,35H,6-16H2,1-5H3/t17-,18-,21-,22-,23?,24+,25+,26?,27-,28+,29+,30-,31+/m1/s1. The van der Waals surface area contributed by atoms with Crippen LogP contribution in [0.1, 0.15) is 92.4 Å². The third-order valence-electron chi connectivity index (χ3n) is 12.7. The van der Waals surface area contributed by atoms with Gasteiger partial charge in [-0.05, 0) is 105 Å². The maximum atomic E-state index is 12.6. The monoisotopic (exact) mass is 515 g/mol. The Morgan fingerprint density at radius 2 is 1.57 bits per heavy atom. The Bertz CT molecular complexity index is 921. The van der Waals surface area contributed by atoms with Gasteiger partial charge in [-0.25, -0.2) is 0 Å². The fraction of sp³-hybridized carbons (Fsp3) is 0.935. The van der Waals surface area contributed by atoms with Gasteiger partial charge in [0.05, 0.1) is 5.60 Å². The highest BCUT2D eigenvalue weighted by molar-refractivity contribution is 5.66. The lowest BCUT2D eigenvalue weighted by Gasteiger charge is -2.59. The molecule has 0 amide bonds. The molecule has 6 aliphatic rings. The molecule has 2 saturated heterocycles. The fourth-order valence-corrected chi connectivity index (χ4v) is 11.2. The van der Waals surface area contributed by atoms with Crippen molar-refractivity contribution in [3.8, 4) is 0 Å². The van der Waals surface area contributed by atoms with Crippen LogP contribution in [0, 0.1) is 52.8 Å². The van der Waals surface area contributed by atoms with Crippen LogP contribution in [-0.2, 0) is 19.1 Å². The minimum absolute atomic E-state index is 0.00922. The van der Waals surface area contributed by atoms with Gasteiger partial charge in [-0.3, -0.25) is 14.5 Å². The van der Waals surface area contributed by atoms with Crippen LogP contribution in [0.3, 0.4) is 0 Å². The van der Waals surface area contributed by atoms with Crippen LogP contribution in [0.2, 0.25) is 0 Å². The molecule has 208 valence electrons. The average molecular weight is 516 g/mol. The number of nitrogens with zero attached hydrogens (tertiary/aromatic N) is 1. The molecule has 6 heteroatoms. The molecular formula is C31H49NO5. The van der Waals surface area contributed by atoms with Crippen molar-refractivity contribution in [1.29, 1.82) is 0 Å². The second-order valence-electron chi connectivity index (χ2n) is 14.5. The SMILES string of the molecule is CC(=O)O[C@@H]1CC[C@@]2(C)[C@H](C1)[C@@H](OC(C)=O)CC1[C@@H]2C[C@H]2C3CN4C[C@H](C)CC[C@H]4[C@H](C)[C@H]3CC[C@@]12O. The molecule has 4 aliphatic carbocycles. The number of hydrogen-bond acceptors (Lipinski definition) is 6. The van der Waals surface area contributed by atoms with Gasteiger partial charge in [-0.15, -0.1) is 0 Å². The van der Waals surface area contributed by atoms with E-state index in [9.17, 15) is 14.7 Å². The maximum Gasteiger partial charge on any atom is 0.302 e. The summed E-state index contributed by atoms with van der Waals surface area (Å²) >= 11 is 0. The minimum atomic E-state index is -0.654. The predicted octanol–water partition coefficient (Wildman–Crippen LogP) is 4.82. The lowest BCUT2D eigenvalue weighted by atomic mass is 9.50. The van der Waals surface area contributed by atoms with E-state index < -0.39 is 5.60 Å². The van der Waals surface area contributed by atoms with E-state index in [0.717, 1.165) is 63.5 Å². The Balaban J connectivity index is 1.30. The molecule has 0 bridgehead atoms. The molecule has 0 aromatic heterocycles. The Morgan fingerprint density at radius 1 is 0.811 bits per heavy atom. The van der Waals surface area contributed by atoms with Crippen molar-refractivity contribution >= 4 is 11.9 Å². The van der Waals surface area contributed by atoms with Crippen molar-refractivity contribution in [3.63, 3.8) is 0 Å². The van der Waals surface area contributed by atoms with E-state index >= 15 is 0 Å². The first-order chi connectivity index (χ1) is 17.5. The number of fused-ring (bicyclic) bond motifs is 8. The zero-order valence-corrected chi connectivity index (χ0v) is 23.7. The molecule has 13 atom stereocenters. The van der Waals surface area contributed by atoms with Crippen LogP contribution in [0.4, 0.5) is 0 Å². The molecule has 0 spiro atoms. The molecule has 2 unspecified atom stereocenters. The molecule has 2 heterocycles. The van der Waals surface area contributed by atoms with E-state index in [2.05, 4.69) is 25.7 Å². The van der Waals surface area contributed by atoms with Gasteiger partial charge in [0.2, 0.25) is 0 Å². The van der Waals surface area contributed by atoms with Gasteiger partial charge < -0.3 is 14.6 Å². The van der Waals surface area contributed by atoms with E-state index in [1.165, 1.54) is 33.2 Å². The largest absolute Gasteiger partial charge is 0.463 e. The third-order valence-corrected chi connectivity index (χ3v) is 12.7. The Kier molecular flexibility index (Phi) is 6.50. The highest BCUT2D eigenvalue weighted by atomic mass is 16.5. The van der Waals surface area contributed by atoms with Gasteiger partial charge in [-0.1, -0.05) is 20.8 Å². The number of esters is 2. The second-order valence-corrected chi connectivity index (χ2v) is 14.5. The summed E-state index contributed by atoms with van der Waals surface area (Å²) in [7, 11) is 0. The number of hydrogen-bond donors (Lipinski definition) is 1. The second kappa shape index (κ2) is 9.21. The number of carbonyl (C=O) groups excluding carboxylic acids is 2. The number of piperidine rings is 2. The molecule has 6 nitrogen and oxygen atoms in total. The molecular weight excluding hydrogens is 466 g/mol. The van der Waals surface area contributed by atoms with Gasteiger partial charge >= 0.3 is 11.9 Å². The molecule has 6 rings (SSSR count). The zero-order valence-electron chi connectivity index (χ0n) is 23.7. The minimum Gasteiger partial charge on any atom is -0.463 e. The molecule has 0 radical (unpaired) electrons. The Hall–Kier alpha value is -1.14. The highest BCUT2D eigenvalue weighted by Gasteiger charge is 2.68. The number of rotatable bonds is 2. The summed E-state index contributed by atoms with van der Waals surface area (Å²) in [5, 5.41) is 12.6. The zero-order chi connectivity index (χ0) is 26.3. The van der Waals surface area contributed by atoms with E-state index in [0.29, 0.717) is 29.6 Å². The summed E-state index contributed by atoms with van der Waals surface area (Å²) in [6, 6.07) is 0.721. The van der Waals surface area contributed by atoms with Crippen LogP contribution in [-0.4, -0.2) is 58.9 Å². The first kappa shape index (κ1) is 26.1. The van der Waals surface area contributed by atoms with Crippen LogP contribution < -0.4 is 0 Å². The fourth-order valence-electron chi connectivity index (χ4n) is 11.2. The van der Waals surface area contributed by atoms with Crippen molar-refractivity contribution in [3.05, 3.63) is 0 Å². The smallest absolute Gasteiger partial charge is 0.302 e. The first-order valence-electron chi connectivity index (χ1n) is 15.3. The highest BCUT2D eigenvalue weighted by Crippen LogP contribution is 2.68. The average Bonchev–Trinajstić information content (AvgIpc) is 3.13. The number of ether oxygens (including phenoxy) is 2. The van der Waals surface area contributed by atoms with Crippen molar-refractivity contribution in [2.75, 3.05) is 13.1 Å². The van der Waals surface area contributed by atoms with Crippen molar-refractivity contribution in [2.24, 2.45) is 52.8 Å². The van der Waals surface area contributed by atoms with Crippen molar-refractivity contribution in [2.45, 2.75) is 116 Å². The molecule has 37 heavy (non-hydrogen) atoms. The summed E-state index contributed by atoms with van der Waals surface area (Å²) in [6.07, 6.45) is 8.85. The van der Waals surface area contributed by atoms with Gasteiger partial charge in [0.15, 0.2) is 0 Å². The third kappa shape index (κ3) is 4.10. The van der Waals surface area contributed by atoms with E-state index in [1.807, 2.05) is 0 Å². The summed E-state index contributed by atoms with van der Waals surface area (Å²) in [4.78, 5) is 26.8. The van der Waals surface area contributed by atoms with E-state index in [1.54, 1.807) is 0 Å². The topological polar surface area (TPSA) is 76.1 Å². The normalized spacial score (nSPS) is 53.1. The summed E-state index contributed by atoms with van der Waals surface area (Å²) in [5.41, 5.74) is -0.663. The van der Waals surface area contributed by atoms with Gasteiger partial charge in [0.1, 0.15) is 12.2 Å². The van der Waals surface area contributed by atoms with E-state index in [4.69, 9.17) is 9.47 Å². The molecule has 2 aliphatic heterocycles. The van der Waals surface area contributed by atoms with Crippen LogP contribution in [0.25, 0.3) is 0 Å². The van der Waals surface area contributed by atoms with Gasteiger partial charge in [-0.2, -0.15) is 0 Å². The number of aliphatic hydroxyl groups is 1. The van der Waals surface area contributed by atoms with Crippen molar-refractivity contribution in [1.82, 2.24) is 4.90 Å². The molecule has 0 aromatic carbocycles. The Morgan fingerprint density at radius 3 is 2.30 bits per heavy atom. The molecule has 0 aromatic rings. The van der Waals surface area contributed by atoms with Crippen LogP contribution in [0.5, 0.6) is 0 Å². The van der Waals surface area contributed by atoms with E-state index in [-0.39, 0.29) is 41.4 Å². The lowest BCUT2D eigenvalue weighted by molar-refractivity contribution is -0.195. The van der Waals surface area contributed by atoms with Crippen molar-refractivity contribution < 1.29 is 24.2 Å². The van der Waals surface area contributed by atoms with Crippen LogP contribution >= 0.6 is 0 Å². The first-order valence-corrected chi connectivity index (χ1v) is 15.3. The lowest BCUT2D eigenvalue weighted by Crippen LogP contribution is -2.62. The number of carbonyl (C=O) groups is 2. The summed E-state index contributed by atoms with van der Waals surface area (Å²) in [6.45, 7) is 12.7. The maximum absolute atomic E-state index is 12.6. The predicted molar refractivity (Wildman–Crippen MR) is 140 cm³/mol. The van der Waals surface area contributed by atoms with Gasteiger partial charge in [0.25, 0.3) is 0 Å². The van der Waals surface area contributed by atoms with Crippen LogP contribution in [0.15, 0.2) is 0 Å². The Labute approximate surface area is 223 Å². The molecule has 6 fully saturated rings. The van der Waals surface area contributed by atoms with Gasteiger partial charge in [0, 0.05) is 38.9 Å². The summed E-state index contributed by atoms with van der Waals surface area (Å²) in [5.74, 6) is 3.41. The molecule has 1 N–H and O–H groups in total. The molecule has 4 saturated carbocycles.